The van der Waals surface area contributed by atoms with Gasteiger partial charge in [-0.1, -0.05) is 23.1 Å². The molecule has 2 rings (SSSR count). The number of amides is 1. The van der Waals surface area contributed by atoms with Crippen molar-refractivity contribution in [3.63, 3.8) is 0 Å². The molecule has 0 aliphatic heterocycles. The molecule has 0 N–H and O–H groups in total. The number of hydrogen-bond donors (Lipinski definition) is 0. The third-order valence-corrected chi connectivity index (χ3v) is 5.15. The summed E-state index contributed by atoms with van der Waals surface area (Å²) in [6.45, 7) is 1.20. The summed E-state index contributed by atoms with van der Waals surface area (Å²) >= 11 is 1.90. The molecule has 0 saturated heterocycles. The van der Waals surface area contributed by atoms with Crippen molar-refractivity contribution in [1.29, 1.82) is 0 Å². The lowest BCUT2D eigenvalue weighted by Crippen LogP contribution is -2.22. The highest BCUT2D eigenvalue weighted by Gasteiger charge is 2.30. The Labute approximate surface area is 157 Å². The maximum Gasteiger partial charge on any atom is 0.416 e. The maximum absolute atomic E-state index is 12.8. The lowest BCUT2D eigenvalue weighted by atomic mass is 10.2. The quantitative estimate of drug-likeness (QED) is 0.332. The molecule has 0 spiro atoms. The molecule has 27 heavy (non-hydrogen) atoms. The summed E-state index contributed by atoms with van der Waals surface area (Å²) in [4.78, 5) is 13.0. The second-order valence-corrected chi connectivity index (χ2v) is 7.31. The Balaban J connectivity index is 2.15. The Morgan fingerprint density at radius 2 is 1.78 bits per heavy atom. The third kappa shape index (κ3) is 5.70. The zero-order chi connectivity index (χ0) is 20.2. The molecule has 12 heteroatoms. The first kappa shape index (κ1) is 21.2. The summed E-state index contributed by atoms with van der Waals surface area (Å²) in [6, 6.07) is 3.93. The van der Waals surface area contributed by atoms with E-state index in [1.165, 1.54) is 6.92 Å². The van der Waals surface area contributed by atoms with Crippen molar-refractivity contribution in [2.45, 2.75) is 23.9 Å². The zero-order valence-corrected chi connectivity index (χ0v) is 15.2. The fraction of sp³-hybridized carbons (Fsp3) is 0.267. The average molecular weight is 427 g/mol. The topological polar surface area (TPSA) is 46.1 Å². The van der Waals surface area contributed by atoms with Crippen molar-refractivity contribution >= 4 is 39.8 Å². The maximum atomic E-state index is 12.8. The Bertz CT molecular complexity index is 831. The molecule has 0 bridgehead atoms. The van der Waals surface area contributed by atoms with Gasteiger partial charge in [0, 0.05) is 19.1 Å². The van der Waals surface area contributed by atoms with E-state index in [1.807, 2.05) is 0 Å². The van der Waals surface area contributed by atoms with Crippen LogP contribution in [0.2, 0.25) is 0 Å². The molecule has 0 fully saturated rings. The van der Waals surface area contributed by atoms with Crippen molar-refractivity contribution < 1.29 is 31.1 Å². The molecule has 1 aromatic heterocycles. The number of thioether (sulfide) groups is 1. The van der Waals surface area contributed by atoms with E-state index >= 15 is 0 Å². The smallest absolute Gasteiger partial charge is 0.274 e. The van der Waals surface area contributed by atoms with Gasteiger partial charge in [-0.2, -0.15) is 22.0 Å². The average Bonchev–Trinajstić information content (AvgIpc) is 3.02. The number of carbonyl (C=O) groups is 1. The van der Waals surface area contributed by atoms with Crippen molar-refractivity contribution in [3.05, 3.63) is 41.7 Å². The van der Waals surface area contributed by atoms with Gasteiger partial charge in [-0.05, 0) is 24.3 Å². The van der Waals surface area contributed by atoms with Crippen LogP contribution in [0.5, 0.6) is 0 Å². The first-order valence-corrected chi connectivity index (χ1v) is 9.03. The van der Waals surface area contributed by atoms with Crippen LogP contribution in [0.25, 0.3) is 0 Å². The number of benzene rings is 1. The first-order valence-electron chi connectivity index (χ1n) is 7.23. The van der Waals surface area contributed by atoms with E-state index in [2.05, 4.69) is 10.2 Å². The predicted molar refractivity (Wildman–Crippen MR) is 89.9 cm³/mol. The summed E-state index contributed by atoms with van der Waals surface area (Å²) in [5, 5.41) is 7.66. The number of nitrogens with zero attached hydrogens (tertiary/aromatic N) is 3. The Kier molecular flexibility index (Phi) is 6.87. The highest BCUT2D eigenvalue weighted by molar-refractivity contribution is 8.01. The van der Waals surface area contributed by atoms with Crippen LogP contribution in [0.15, 0.2) is 40.5 Å². The summed E-state index contributed by atoms with van der Waals surface area (Å²) in [7, 11) is 0. The van der Waals surface area contributed by atoms with Gasteiger partial charge in [-0.3, -0.25) is 9.69 Å². The number of hydrogen-bond acceptors (Lipinski definition) is 5. The largest absolute Gasteiger partial charge is 0.416 e. The Morgan fingerprint density at radius 3 is 2.30 bits per heavy atom. The number of aromatic nitrogens is 2. The van der Waals surface area contributed by atoms with Gasteiger partial charge in [0.1, 0.15) is 0 Å². The van der Waals surface area contributed by atoms with Gasteiger partial charge in [0.25, 0.3) is 0 Å². The predicted octanol–water partition coefficient (Wildman–Crippen LogP) is 5.80. The van der Waals surface area contributed by atoms with Crippen LogP contribution < -0.4 is 4.90 Å². The van der Waals surface area contributed by atoms with Gasteiger partial charge in [-0.25, -0.2) is 4.39 Å². The van der Waals surface area contributed by atoms with Crippen molar-refractivity contribution in [1.82, 2.24) is 10.2 Å². The highest BCUT2D eigenvalue weighted by Crippen LogP contribution is 2.35. The standard InChI is InChI=1S/C15H11F6N3OS2/c1-8(25)24(10-4-2-9(3-5-10)15(19,20)21)13-22-23-14(27-13)26-7-6-11(16)12(17)18/h2-5H,6-7H2,1H3. The molecule has 0 aliphatic carbocycles. The summed E-state index contributed by atoms with van der Waals surface area (Å²) in [5.74, 6) is -2.03. The van der Waals surface area contributed by atoms with Gasteiger partial charge in [-0.15, -0.1) is 10.2 Å². The van der Waals surface area contributed by atoms with Crippen molar-refractivity contribution in [2.75, 3.05) is 10.7 Å². The fourth-order valence-electron chi connectivity index (χ4n) is 1.90. The van der Waals surface area contributed by atoms with Crippen LogP contribution in [0, 0.1) is 0 Å². The molecule has 1 heterocycles. The van der Waals surface area contributed by atoms with E-state index in [4.69, 9.17) is 0 Å². The molecule has 0 unspecified atom stereocenters. The summed E-state index contributed by atoms with van der Waals surface area (Å²) in [5.41, 5.74) is -0.699. The molecular formula is C15H11F6N3OS2. The van der Waals surface area contributed by atoms with Crippen LogP contribution in [0.1, 0.15) is 18.9 Å². The van der Waals surface area contributed by atoms with Crippen LogP contribution in [0.3, 0.4) is 0 Å². The molecular weight excluding hydrogens is 416 g/mol. The Hall–Kier alpha value is -2.08. The number of carbonyl (C=O) groups excluding carboxylic acids is 1. The molecule has 1 amide bonds. The van der Waals surface area contributed by atoms with Crippen molar-refractivity contribution in [3.8, 4) is 0 Å². The zero-order valence-electron chi connectivity index (χ0n) is 13.6. The lowest BCUT2D eigenvalue weighted by molar-refractivity contribution is -0.137. The van der Waals surface area contributed by atoms with Crippen molar-refractivity contribution in [2.24, 2.45) is 0 Å². The number of halogens is 6. The lowest BCUT2D eigenvalue weighted by Gasteiger charge is -2.18. The number of rotatable bonds is 6. The molecule has 0 saturated carbocycles. The molecule has 1 aromatic carbocycles. The normalized spacial score (nSPS) is 11.4. The van der Waals surface area contributed by atoms with E-state index in [-0.39, 0.29) is 16.6 Å². The number of allylic oxidation sites excluding steroid dienone is 1. The van der Waals surface area contributed by atoms with E-state index in [9.17, 15) is 31.1 Å². The minimum absolute atomic E-state index is 0.0157. The molecule has 0 atom stereocenters. The molecule has 0 radical (unpaired) electrons. The van der Waals surface area contributed by atoms with E-state index in [1.54, 1.807) is 0 Å². The van der Waals surface area contributed by atoms with E-state index < -0.39 is 36.0 Å². The Morgan fingerprint density at radius 1 is 1.15 bits per heavy atom. The van der Waals surface area contributed by atoms with Gasteiger partial charge in [0.2, 0.25) is 11.0 Å². The van der Waals surface area contributed by atoms with Gasteiger partial charge in [0.05, 0.1) is 11.3 Å². The molecule has 146 valence electrons. The minimum atomic E-state index is -4.51. The fourth-order valence-corrected chi connectivity index (χ4v) is 3.81. The molecule has 2 aromatic rings. The van der Waals surface area contributed by atoms with E-state index in [0.717, 1.165) is 52.3 Å². The van der Waals surface area contributed by atoms with Gasteiger partial charge < -0.3 is 0 Å². The monoisotopic (exact) mass is 427 g/mol. The first-order chi connectivity index (χ1) is 12.6. The van der Waals surface area contributed by atoms with Crippen LogP contribution >= 0.6 is 23.1 Å². The van der Waals surface area contributed by atoms with E-state index in [0.29, 0.717) is 4.34 Å². The SMILES string of the molecule is CC(=O)N(c1ccc(C(F)(F)F)cc1)c1nnc(SCCC(F)=C(F)F)s1. The number of alkyl halides is 3. The molecule has 0 aliphatic rings. The van der Waals surface area contributed by atoms with Gasteiger partial charge >= 0.3 is 12.3 Å². The number of anilines is 2. The van der Waals surface area contributed by atoms with Gasteiger partial charge in [0.15, 0.2) is 10.2 Å². The highest BCUT2D eigenvalue weighted by atomic mass is 32.2. The van der Waals surface area contributed by atoms with Crippen LogP contribution in [-0.4, -0.2) is 21.9 Å². The second-order valence-electron chi connectivity index (χ2n) is 5.01. The summed E-state index contributed by atoms with van der Waals surface area (Å²) in [6.07, 6.45) is -7.37. The van der Waals surface area contributed by atoms with Crippen LogP contribution in [-0.2, 0) is 11.0 Å². The second kappa shape index (κ2) is 8.74. The minimum Gasteiger partial charge on any atom is -0.274 e. The third-order valence-electron chi connectivity index (χ3n) is 3.11. The summed E-state index contributed by atoms with van der Waals surface area (Å²) < 4.78 is 75.0. The van der Waals surface area contributed by atoms with Crippen LogP contribution in [0.4, 0.5) is 37.2 Å². The molecule has 4 nitrogen and oxygen atoms in total.